The first-order valence-electron chi connectivity index (χ1n) is 14.1. The summed E-state index contributed by atoms with van der Waals surface area (Å²) in [7, 11) is -1.30. The third-order valence-electron chi connectivity index (χ3n) is 7.15. The number of nitrogens with one attached hydrogen (secondary N) is 1. The van der Waals surface area contributed by atoms with E-state index in [1.54, 1.807) is 36.4 Å². The topological polar surface area (TPSA) is 105 Å². The molecule has 2 amide bonds. The Morgan fingerprint density at radius 3 is 2.10 bits per heavy atom. The molecule has 9 nitrogen and oxygen atoms in total. The van der Waals surface area contributed by atoms with Crippen LogP contribution in [0.15, 0.2) is 83.8 Å². The minimum atomic E-state index is -4.23. The summed E-state index contributed by atoms with van der Waals surface area (Å²) in [6.07, 6.45) is 1.60. The van der Waals surface area contributed by atoms with Gasteiger partial charge in [-0.15, -0.1) is 0 Å². The van der Waals surface area contributed by atoms with Crippen molar-refractivity contribution in [1.29, 1.82) is 0 Å². The Morgan fingerprint density at radius 2 is 1.50 bits per heavy atom. The number of anilines is 1. The van der Waals surface area contributed by atoms with Crippen molar-refractivity contribution in [3.8, 4) is 11.5 Å². The number of amides is 2. The number of sulfonamides is 1. The molecule has 3 aromatic rings. The molecule has 3 rings (SSSR count). The number of rotatable bonds is 15. The van der Waals surface area contributed by atoms with E-state index in [1.165, 1.54) is 31.3 Å². The van der Waals surface area contributed by atoms with E-state index in [0.29, 0.717) is 24.3 Å². The highest BCUT2D eigenvalue weighted by Crippen LogP contribution is 2.33. The predicted molar refractivity (Wildman–Crippen MR) is 164 cm³/mol. The van der Waals surface area contributed by atoms with Gasteiger partial charge in [0.05, 0.1) is 24.8 Å². The van der Waals surface area contributed by atoms with Crippen molar-refractivity contribution in [2.75, 3.05) is 31.6 Å². The SMILES string of the molecule is CC[C@@H](C)NC(=O)[C@H](CC)N(CCc1ccccc1)C(=O)CN(c1ccccc1OC)S(=O)(=O)c1ccc(OC)cc1. The molecule has 0 radical (unpaired) electrons. The fourth-order valence-electron chi connectivity index (χ4n) is 4.56. The van der Waals surface area contributed by atoms with Gasteiger partial charge < -0.3 is 19.7 Å². The van der Waals surface area contributed by atoms with Gasteiger partial charge in [0.15, 0.2) is 0 Å². The van der Waals surface area contributed by atoms with Crippen LogP contribution in [-0.4, -0.2) is 64.5 Å². The van der Waals surface area contributed by atoms with Gasteiger partial charge in [-0.3, -0.25) is 13.9 Å². The molecule has 0 aliphatic rings. The van der Waals surface area contributed by atoms with Gasteiger partial charge in [-0.1, -0.05) is 56.3 Å². The first kappa shape index (κ1) is 32.5. The second-order valence-electron chi connectivity index (χ2n) is 9.92. The molecule has 3 aromatic carbocycles. The maximum absolute atomic E-state index is 14.2. The molecule has 0 fully saturated rings. The molecule has 1 N–H and O–H groups in total. The molecular weight excluding hydrogens is 554 g/mol. The molecule has 0 aliphatic carbocycles. The third kappa shape index (κ3) is 8.03. The predicted octanol–water partition coefficient (Wildman–Crippen LogP) is 4.66. The first-order valence-corrected chi connectivity index (χ1v) is 15.5. The van der Waals surface area contributed by atoms with Crippen LogP contribution in [0.5, 0.6) is 11.5 Å². The second kappa shape index (κ2) is 15.3. The smallest absolute Gasteiger partial charge is 0.264 e. The molecule has 0 spiro atoms. The highest BCUT2D eigenvalue weighted by Gasteiger charge is 2.34. The van der Waals surface area contributed by atoms with E-state index in [0.717, 1.165) is 16.3 Å². The lowest BCUT2D eigenvalue weighted by molar-refractivity contribution is -0.139. The van der Waals surface area contributed by atoms with E-state index in [9.17, 15) is 18.0 Å². The number of hydrogen-bond donors (Lipinski definition) is 1. The summed E-state index contributed by atoms with van der Waals surface area (Å²) in [6.45, 7) is 5.43. The number of ether oxygens (including phenoxy) is 2. The van der Waals surface area contributed by atoms with Gasteiger partial charge in [0.25, 0.3) is 10.0 Å². The average molecular weight is 596 g/mol. The zero-order valence-corrected chi connectivity index (χ0v) is 25.8. The normalized spacial score (nSPS) is 12.6. The lowest BCUT2D eigenvalue weighted by Crippen LogP contribution is -2.54. The first-order chi connectivity index (χ1) is 20.2. The van der Waals surface area contributed by atoms with Crippen LogP contribution >= 0.6 is 0 Å². The van der Waals surface area contributed by atoms with Crippen LogP contribution in [0.3, 0.4) is 0 Å². The molecular formula is C32H41N3O6S. The molecule has 0 saturated heterocycles. The number of carbonyl (C=O) groups is 2. The standard InChI is InChI=1S/C32H41N3O6S/c1-6-24(3)33-32(37)28(7-2)34(22-21-25-13-9-8-10-14-25)31(36)23-35(29-15-11-12-16-30(29)41-5)42(38,39)27-19-17-26(40-4)18-20-27/h8-20,24,28H,6-7,21-23H2,1-5H3,(H,33,37)/t24-,28+/m1/s1. The summed E-state index contributed by atoms with van der Waals surface area (Å²) in [5, 5.41) is 2.99. The molecule has 42 heavy (non-hydrogen) atoms. The third-order valence-corrected chi connectivity index (χ3v) is 8.93. The number of benzene rings is 3. The Morgan fingerprint density at radius 1 is 0.857 bits per heavy atom. The molecule has 2 atom stereocenters. The monoisotopic (exact) mass is 595 g/mol. The van der Waals surface area contributed by atoms with Crippen molar-refractivity contribution in [3.05, 3.63) is 84.4 Å². The maximum Gasteiger partial charge on any atom is 0.264 e. The average Bonchev–Trinajstić information content (AvgIpc) is 3.01. The highest BCUT2D eigenvalue weighted by atomic mass is 32.2. The Kier molecular flexibility index (Phi) is 11.8. The van der Waals surface area contributed by atoms with Crippen molar-refractivity contribution in [2.45, 2.75) is 57.0 Å². The molecule has 226 valence electrons. The Hall–Kier alpha value is -4.05. The van der Waals surface area contributed by atoms with Crippen molar-refractivity contribution >= 4 is 27.5 Å². The van der Waals surface area contributed by atoms with Gasteiger partial charge >= 0.3 is 0 Å². The summed E-state index contributed by atoms with van der Waals surface area (Å²) >= 11 is 0. The maximum atomic E-state index is 14.2. The fourth-order valence-corrected chi connectivity index (χ4v) is 5.99. The summed E-state index contributed by atoms with van der Waals surface area (Å²) in [4.78, 5) is 29.0. The van der Waals surface area contributed by atoms with E-state index in [-0.39, 0.29) is 29.1 Å². The van der Waals surface area contributed by atoms with E-state index in [2.05, 4.69) is 5.32 Å². The van der Waals surface area contributed by atoms with Crippen molar-refractivity contribution < 1.29 is 27.5 Å². The van der Waals surface area contributed by atoms with Crippen molar-refractivity contribution in [1.82, 2.24) is 10.2 Å². The Balaban J connectivity index is 2.05. The second-order valence-corrected chi connectivity index (χ2v) is 11.8. The number of para-hydroxylation sites is 2. The largest absolute Gasteiger partial charge is 0.497 e. The van der Waals surface area contributed by atoms with Gasteiger partial charge in [-0.2, -0.15) is 0 Å². The van der Waals surface area contributed by atoms with Crippen LogP contribution < -0.4 is 19.1 Å². The minimum absolute atomic E-state index is 0.0144. The number of carbonyl (C=O) groups excluding carboxylic acids is 2. The summed E-state index contributed by atoms with van der Waals surface area (Å²) in [5.41, 5.74) is 1.21. The van der Waals surface area contributed by atoms with Crippen LogP contribution in [-0.2, 0) is 26.0 Å². The van der Waals surface area contributed by atoms with Crippen molar-refractivity contribution in [2.24, 2.45) is 0 Å². The summed E-state index contributed by atoms with van der Waals surface area (Å²) in [6, 6.07) is 21.4. The molecule has 0 bridgehead atoms. The van der Waals surface area contributed by atoms with Crippen LogP contribution in [0.2, 0.25) is 0 Å². The highest BCUT2D eigenvalue weighted by molar-refractivity contribution is 7.92. The molecule has 0 aromatic heterocycles. The lowest BCUT2D eigenvalue weighted by atomic mass is 10.1. The van der Waals surface area contributed by atoms with Crippen LogP contribution in [0.4, 0.5) is 5.69 Å². The number of nitrogens with zero attached hydrogens (tertiary/aromatic N) is 2. The molecule has 10 heteroatoms. The van der Waals surface area contributed by atoms with Crippen LogP contribution in [0.1, 0.15) is 39.2 Å². The van der Waals surface area contributed by atoms with Gasteiger partial charge in [0, 0.05) is 12.6 Å². The quantitative estimate of drug-likeness (QED) is 0.274. The zero-order chi connectivity index (χ0) is 30.7. The minimum Gasteiger partial charge on any atom is -0.497 e. The van der Waals surface area contributed by atoms with E-state index >= 15 is 0 Å². The van der Waals surface area contributed by atoms with Gasteiger partial charge in [0.1, 0.15) is 24.1 Å². The summed E-state index contributed by atoms with van der Waals surface area (Å²) < 4.78 is 39.9. The fraction of sp³-hybridized carbons (Fsp3) is 0.375. The number of hydrogen-bond acceptors (Lipinski definition) is 6. The van der Waals surface area contributed by atoms with E-state index in [1.807, 2.05) is 51.1 Å². The van der Waals surface area contributed by atoms with Gasteiger partial charge in [-0.05, 0) is 68.1 Å². The number of methoxy groups -OCH3 is 2. The van der Waals surface area contributed by atoms with Gasteiger partial charge in [0.2, 0.25) is 11.8 Å². The molecule has 0 saturated carbocycles. The molecule has 0 aliphatic heterocycles. The van der Waals surface area contributed by atoms with Gasteiger partial charge in [-0.25, -0.2) is 8.42 Å². The lowest BCUT2D eigenvalue weighted by Gasteiger charge is -2.34. The Bertz CT molecular complexity index is 1410. The zero-order valence-electron chi connectivity index (χ0n) is 24.9. The Labute approximate surface area is 249 Å². The van der Waals surface area contributed by atoms with E-state index in [4.69, 9.17) is 9.47 Å². The molecule has 0 unspecified atom stereocenters. The van der Waals surface area contributed by atoms with Crippen LogP contribution in [0.25, 0.3) is 0 Å². The van der Waals surface area contributed by atoms with Crippen molar-refractivity contribution in [3.63, 3.8) is 0 Å². The summed E-state index contributed by atoms with van der Waals surface area (Å²) in [5.74, 6) is 0.0223. The molecule has 0 heterocycles. The van der Waals surface area contributed by atoms with Crippen LogP contribution in [0, 0.1) is 0 Å². The van der Waals surface area contributed by atoms with E-state index < -0.39 is 28.5 Å².